The standard InChI is InChI=1S/C25H33ClN4O/c1-19-17-29(16-13-27-19)18-20-3-7-23(8-4-20)28(2)25(31)21-11-14-30(15-12-21)24-9-5-22(26)6-10-24/h3-10,19,21,27H,11-18H2,1-2H3/t19-/m0/s1. The van der Waals surface area contributed by atoms with Crippen LogP contribution in [0.2, 0.25) is 5.02 Å². The van der Waals surface area contributed by atoms with Gasteiger partial charge in [-0.15, -0.1) is 0 Å². The molecule has 31 heavy (non-hydrogen) atoms. The minimum atomic E-state index is 0.0792. The number of hydrogen-bond donors (Lipinski definition) is 1. The molecule has 1 N–H and O–H groups in total. The predicted octanol–water partition coefficient (Wildman–Crippen LogP) is 4.01. The van der Waals surface area contributed by atoms with E-state index in [9.17, 15) is 4.79 Å². The third-order valence-corrected chi connectivity index (χ3v) is 6.80. The SMILES string of the molecule is C[C@H]1CN(Cc2ccc(N(C)C(=O)C3CCN(c4ccc(Cl)cc4)CC3)cc2)CCN1. The van der Waals surface area contributed by atoms with Crippen molar-refractivity contribution in [3.63, 3.8) is 0 Å². The van der Waals surface area contributed by atoms with Gasteiger partial charge in [-0.2, -0.15) is 0 Å². The van der Waals surface area contributed by atoms with E-state index in [1.165, 1.54) is 11.3 Å². The van der Waals surface area contributed by atoms with E-state index in [0.717, 1.165) is 62.8 Å². The van der Waals surface area contributed by atoms with Gasteiger partial charge in [0.2, 0.25) is 5.91 Å². The third kappa shape index (κ3) is 5.59. The molecule has 0 saturated carbocycles. The number of carbonyl (C=O) groups excluding carboxylic acids is 1. The van der Waals surface area contributed by atoms with Gasteiger partial charge in [-0.05, 0) is 61.7 Å². The number of benzene rings is 2. The summed E-state index contributed by atoms with van der Waals surface area (Å²) in [5.74, 6) is 0.301. The Morgan fingerprint density at radius 2 is 1.74 bits per heavy atom. The van der Waals surface area contributed by atoms with Crippen LogP contribution in [0.5, 0.6) is 0 Å². The number of halogens is 1. The summed E-state index contributed by atoms with van der Waals surface area (Å²) in [6, 6.07) is 17.0. The molecule has 2 fully saturated rings. The van der Waals surface area contributed by atoms with Gasteiger partial charge in [-0.25, -0.2) is 0 Å². The Hall–Kier alpha value is -2.08. The summed E-state index contributed by atoms with van der Waals surface area (Å²) < 4.78 is 0. The summed E-state index contributed by atoms with van der Waals surface area (Å²) >= 11 is 6.00. The van der Waals surface area contributed by atoms with Gasteiger partial charge >= 0.3 is 0 Å². The van der Waals surface area contributed by atoms with E-state index in [2.05, 4.69) is 58.4 Å². The average Bonchev–Trinajstić information content (AvgIpc) is 2.79. The lowest BCUT2D eigenvalue weighted by Gasteiger charge is -2.34. The molecule has 2 aliphatic rings. The molecule has 1 atom stereocenters. The maximum atomic E-state index is 13.1. The van der Waals surface area contributed by atoms with Crippen LogP contribution >= 0.6 is 11.6 Å². The van der Waals surface area contributed by atoms with Crippen molar-refractivity contribution >= 4 is 28.9 Å². The Bertz CT molecular complexity index is 862. The van der Waals surface area contributed by atoms with Crippen molar-refractivity contribution in [1.29, 1.82) is 0 Å². The molecule has 6 heteroatoms. The highest BCUT2D eigenvalue weighted by molar-refractivity contribution is 6.30. The molecular formula is C25H33ClN4O. The second-order valence-electron chi connectivity index (χ2n) is 8.89. The number of piperazine rings is 1. The van der Waals surface area contributed by atoms with Crippen LogP contribution in [0.1, 0.15) is 25.3 Å². The Labute approximate surface area is 191 Å². The highest BCUT2D eigenvalue weighted by atomic mass is 35.5. The van der Waals surface area contributed by atoms with Gasteiger partial charge in [0, 0.05) is 74.7 Å². The van der Waals surface area contributed by atoms with Crippen molar-refractivity contribution in [2.75, 3.05) is 49.6 Å². The molecule has 5 nitrogen and oxygen atoms in total. The van der Waals surface area contributed by atoms with E-state index in [4.69, 9.17) is 11.6 Å². The Morgan fingerprint density at radius 1 is 1.06 bits per heavy atom. The van der Waals surface area contributed by atoms with Gasteiger partial charge in [-0.1, -0.05) is 23.7 Å². The summed E-state index contributed by atoms with van der Waals surface area (Å²) in [5, 5.41) is 4.24. The van der Waals surface area contributed by atoms with Crippen molar-refractivity contribution in [2.45, 2.75) is 32.4 Å². The number of piperidine rings is 1. The fourth-order valence-corrected chi connectivity index (χ4v) is 4.80. The molecule has 2 aliphatic heterocycles. The fourth-order valence-electron chi connectivity index (χ4n) is 4.68. The fraction of sp³-hybridized carbons (Fsp3) is 0.480. The Balaban J connectivity index is 1.30. The predicted molar refractivity (Wildman–Crippen MR) is 129 cm³/mol. The van der Waals surface area contributed by atoms with Crippen LogP contribution in [0.15, 0.2) is 48.5 Å². The third-order valence-electron chi connectivity index (χ3n) is 6.55. The lowest BCUT2D eigenvalue weighted by molar-refractivity contribution is -0.122. The molecule has 2 aromatic rings. The van der Waals surface area contributed by atoms with E-state index in [1.807, 2.05) is 24.1 Å². The maximum Gasteiger partial charge on any atom is 0.229 e. The first kappa shape index (κ1) is 22.1. The van der Waals surface area contributed by atoms with E-state index < -0.39 is 0 Å². The molecule has 0 radical (unpaired) electrons. The van der Waals surface area contributed by atoms with Crippen molar-refractivity contribution in [2.24, 2.45) is 5.92 Å². The highest BCUT2D eigenvalue weighted by Crippen LogP contribution is 2.27. The molecule has 0 spiro atoms. The molecule has 1 amide bonds. The van der Waals surface area contributed by atoms with Crippen LogP contribution in [0, 0.1) is 5.92 Å². The van der Waals surface area contributed by atoms with Crippen LogP contribution in [0.4, 0.5) is 11.4 Å². The van der Waals surface area contributed by atoms with Gasteiger partial charge in [0.25, 0.3) is 0 Å². The average molecular weight is 441 g/mol. The van der Waals surface area contributed by atoms with Crippen LogP contribution in [0.25, 0.3) is 0 Å². The second-order valence-corrected chi connectivity index (χ2v) is 9.33. The lowest BCUT2D eigenvalue weighted by Crippen LogP contribution is -2.48. The molecule has 166 valence electrons. The van der Waals surface area contributed by atoms with Crippen LogP contribution in [-0.4, -0.2) is 56.6 Å². The Kier molecular flexibility index (Phi) is 7.16. The molecule has 2 saturated heterocycles. The molecule has 0 unspecified atom stereocenters. The first-order valence-electron chi connectivity index (χ1n) is 11.3. The zero-order valence-corrected chi connectivity index (χ0v) is 19.3. The summed E-state index contributed by atoms with van der Waals surface area (Å²) in [6.45, 7) is 8.20. The number of nitrogens with one attached hydrogen (secondary N) is 1. The maximum absolute atomic E-state index is 13.1. The van der Waals surface area contributed by atoms with Gasteiger partial charge in [-0.3, -0.25) is 9.69 Å². The van der Waals surface area contributed by atoms with E-state index in [-0.39, 0.29) is 11.8 Å². The van der Waals surface area contributed by atoms with Crippen molar-refractivity contribution in [1.82, 2.24) is 10.2 Å². The minimum Gasteiger partial charge on any atom is -0.371 e. The molecule has 0 bridgehead atoms. The normalized spacial score (nSPS) is 20.6. The monoisotopic (exact) mass is 440 g/mol. The molecule has 2 heterocycles. The summed E-state index contributed by atoms with van der Waals surface area (Å²) in [4.78, 5) is 19.8. The smallest absolute Gasteiger partial charge is 0.229 e. The van der Waals surface area contributed by atoms with E-state index in [1.54, 1.807) is 0 Å². The zero-order chi connectivity index (χ0) is 21.8. The molecule has 4 rings (SSSR count). The lowest BCUT2D eigenvalue weighted by atomic mass is 9.94. The van der Waals surface area contributed by atoms with Crippen molar-refractivity contribution in [3.8, 4) is 0 Å². The minimum absolute atomic E-state index is 0.0792. The topological polar surface area (TPSA) is 38.8 Å². The number of carbonyl (C=O) groups is 1. The van der Waals surface area contributed by atoms with Crippen LogP contribution < -0.4 is 15.1 Å². The number of rotatable bonds is 5. The summed E-state index contributed by atoms with van der Waals surface area (Å²) in [7, 11) is 1.90. The number of amides is 1. The summed E-state index contributed by atoms with van der Waals surface area (Å²) in [6.07, 6.45) is 1.76. The van der Waals surface area contributed by atoms with E-state index in [0.29, 0.717) is 6.04 Å². The van der Waals surface area contributed by atoms with Crippen LogP contribution in [-0.2, 0) is 11.3 Å². The van der Waals surface area contributed by atoms with Gasteiger partial charge in [0.05, 0.1) is 0 Å². The molecule has 2 aromatic carbocycles. The highest BCUT2D eigenvalue weighted by Gasteiger charge is 2.28. The molecule has 0 aromatic heterocycles. The first-order chi connectivity index (χ1) is 15.0. The summed E-state index contributed by atoms with van der Waals surface area (Å²) in [5.41, 5.74) is 3.45. The van der Waals surface area contributed by atoms with Crippen LogP contribution in [0.3, 0.4) is 0 Å². The first-order valence-corrected chi connectivity index (χ1v) is 11.7. The van der Waals surface area contributed by atoms with Gasteiger partial charge in [0.15, 0.2) is 0 Å². The number of hydrogen-bond acceptors (Lipinski definition) is 4. The zero-order valence-electron chi connectivity index (χ0n) is 18.6. The van der Waals surface area contributed by atoms with Crippen molar-refractivity contribution in [3.05, 3.63) is 59.1 Å². The van der Waals surface area contributed by atoms with Gasteiger partial charge < -0.3 is 15.1 Å². The van der Waals surface area contributed by atoms with Gasteiger partial charge in [0.1, 0.15) is 0 Å². The molecule has 0 aliphatic carbocycles. The quantitative estimate of drug-likeness (QED) is 0.762. The largest absolute Gasteiger partial charge is 0.371 e. The second kappa shape index (κ2) is 10.0. The number of nitrogens with zero attached hydrogens (tertiary/aromatic N) is 3. The Morgan fingerprint density at radius 3 is 2.39 bits per heavy atom. The number of anilines is 2. The van der Waals surface area contributed by atoms with E-state index >= 15 is 0 Å². The van der Waals surface area contributed by atoms with Crippen molar-refractivity contribution < 1.29 is 4.79 Å². The molecular weight excluding hydrogens is 408 g/mol.